The predicted molar refractivity (Wildman–Crippen MR) is 80.3 cm³/mol. The van der Waals surface area contributed by atoms with Gasteiger partial charge < -0.3 is 10.1 Å². The molecular formula is C17H25F2NO. The lowest BCUT2D eigenvalue weighted by atomic mass is 9.97. The molecule has 2 unspecified atom stereocenters. The van der Waals surface area contributed by atoms with Crippen LogP contribution in [-0.4, -0.2) is 25.3 Å². The van der Waals surface area contributed by atoms with Crippen LogP contribution in [0.15, 0.2) is 18.2 Å². The molecule has 1 aromatic rings. The lowest BCUT2D eigenvalue weighted by molar-refractivity contribution is 0.0190. The highest BCUT2D eigenvalue weighted by molar-refractivity contribution is 5.20. The van der Waals surface area contributed by atoms with E-state index in [4.69, 9.17) is 4.74 Å². The van der Waals surface area contributed by atoms with Crippen molar-refractivity contribution in [1.29, 1.82) is 0 Å². The van der Waals surface area contributed by atoms with Gasteiger partial charge in [-0.2, -0.15) is 0 Å². The fourth-order valence-corrected chi connectivity index (χ4v) is 2.76. The molecule has 2 nitrogen and oxygen atoms in total. The summed E-state index contributed by atoms with van der Waals surface area (Å²) in [5.41, 5.74) is 0.551. The van der Waals surface area contributed by atoms with Gasteiger partial charge in [0.1, 0.15) is 11.6 Å². The maximum atomic E-state index is 13.9. The third-order valence-corrected chi connectivity index (χ3v) is 3.95. The van der Waals surface area contributed by atoms with E-state index < -0.39 is 11.6 Å². The molecule has 1 fully saturated rings. The largest absolute Gasteiger partial charge is 0.377 e. The van der Waals surface area contributed by atoms with Crippen LogP contribution in [0.5, 0.6) is 0 Å². The molecule has 0 aromatic heterocycles. The first-order valence-corrected chi connectivity index (χ1v) is 7.94. The first kappa shape index (κ1) is 16.4. The molecule has 4 heteroatoms. The molecule has 2 atom stereocenters. The van der Waals surface area contributed by atoms with Gasteiger partial charge in [-0.3, -0.25) is 0 Å². The van der Waals surface area contributed by atoms with Crippen LogP contribution in [0.25, 0.3) is 0 Å². The molecule has 0 radical (unpaired) electrons. The van der Waals surface area contributed by atoms with Gasteiger partial charge in [-0.1, -0.05) is 13.0 Å². The second-order valence-corrected chi connectivity index (χ2v) is 5.76. The zero-order valence-electron chi connectivity index (χ0n) is 12.9. The Morgan fingerprint density at radius 1 is 1.29 bits per heavy atom. The van der Waals surface area contributed by atoms with Gasteiger partial charge in [-0.25, -0.2) is 8.78 Å². The van der Waals surface area contributed by atoms with E-state index in [0.29, 0.717) is 24.5 Å². The van der Waals surface area contributed by atoms with Crippen LogP contribution >= 0.6 is 0 Å². The lowest BCUT2D eigenvalue weighted by Crippen LogP contribution is -2.44. The number of hydrogen-bond acceptors (Lipinski definition) is 2. The van der Waals surface area contributed by atoms with Gasteiger partial charge >= 0.3 is 0 Å². The Bertz CT molecular complexity index is 448. The van der Waals surface area contributed by atoms with E-state index in [-0.39, 0.29) is 12.1 Å². The Kier molecular flexibility index (Phi) is 6.12. The summed E-state index contributed by atoms with van der Waals surface area (Å²) in [5, 5.41) is 3.48. The van der Waals surface area contributed by atoms with Crippen LogP contribution in [0, 0.1) is 17.6 Å². The number of halogens is 2. The van der Waals surface area contributed by atoms with E-state index in [2.05, 4.69) is 12.2 Å². The van der Waals surface area contributed by atoms with Gasteiger partial charge in [-0.15, -0.1) is 0 Å². The number of nitrogens with one attached hydrogen (secondary N) is 1. The molecule has 0 bridgehead atoms. The first-order chi connectivity index (χ1) is 10.2. The van der Waals surface area contributed by atoms with Crippen molar-refractivity contribution in [2.75, 3.05) is 13.2 Å². The van der Waals surface area contributed by atoms with E-state index >= 15 is 0 Å². The number of benzene rings is 1. The highest BCUT2D eigenvalue weighted by atomic mass is 19.1. The molecule has 118 valence electrons. The van der Waals surface area contributed by atoms with E-state index in [9.17, 15) is 8.78 Å². The standard InChI is InChI=1S/C17H25F2NO/c1-3-9-20-16(17(21-4-2)12-5-6-12)10-13-7-8-14(18)11-15(13)19/h7-8,11-12,16-17,20H,3-6,9-10H2,1-2H3. The molecule has 1 saturated carbocycles. The van der Waals surface area contributed by atoms with E-state index in [1.165, 1.54) is 18.9 Å². The summed E-state index contributed by atoms with van der Waals surface area (Å²) < 4.78 is 32.8. The van der Waals surface area contributed by atoms with Crippen LogP contribution < -0.4 is 5.32 Å². The van der Waals surface area contributed by atoms with Crippen molar-refractivity contribution in [2.24, 2.45) is 5.92 Å². The number of rotatable bonds is 9. The monoisotopic (exact) mass is 297 g/mol. The Morgan fingerprint density at radius 2 is 2.05 bits per heavy atom. The average Bonchev–Trinajstić information content (AvgIpc) is 3.28. The lowest BCUT2D eigenvalue weighted by Gasteiger charge is -2.28. The van der Waals surface area contributed by atoms with Crippen molar-refractivity contribution in [3.05, 3.63) is 35.4 Å². The van der Waals surface area contributed by atoms with Crippen molar-refractivity contribution < 1.29 is 13.5 Å². The highest BCUT2D eigenvalue weighted by Gasteiger charge is 2.37. The Balaban J connectivity index is 2.10. The van der Waals surface area contributed by atoms with Crippen molar-refractivity contribution in [1.82, 2.24) is 5.32 Å². The van der Waals surface area contributed by atoms with Crippen LogP contribution in [0.4, 0.5) is 8.78 Å². The van der Waals surface area contributed by atoms with Crippen LogP contribution in [0.1, 0.15) is 38.7 Å². The minimum absolute atomic E-state index is 0.0809. The Hall–Kier alpha value is -1.00. The molecule has 0 saturated heterocycles. The zero-order valence-corrected chi connectivity index (χ0v) is 12.9. The summed E-state index contributed by atoms with van der Waals surface area (Å²) in [7, 11) is 0. The Morgan fingerprint density at radius 3 is 2.62 bits per heavy atom. The molecule has 21 heavy (non-hydrogen) atoms. The van der Waals surface area contributed by atoms with Gasteiger partial charge in [0.25, 0.3) is 0 Å². The summed E-state index contributed by atoms with van der Waals surface area (Å²) in [4.78, 5) is 0. The zero-order chi connectivity index (χ0) is 15.2. The van der Waals surface area contributed by atoms with E-state index in [1.807, 2.05) is 6.92 Å². The molecule has 0 amide bonds. The maximum Gasteiger partial charge on any atom is 0.129 e. The smallest absolute Gasteiger partial charge is 0.129 e. The van der Waals surface area contributed by atoms with Gasteiger partial charge in [0.2, 0.25) is 0 Å². The normalized spacial score (nSPS) is 17.7. The van der Waals surface area contributed by atoms with Gasteiger partial charge in [0, 0.05) is 18.7 Å². The minimum Gasteiger partial charge on any atom is -0.377 e. The molecule has 1 aromatic carbocycles. The van der Waals surface area contributed by atoms with Gasteiger partial charge in [0.05, 0.1) is 6.10 Å². The Labute approximate surface area is 125 Å². The topological polar surface area (TPSA) is 21.3 Å². The van der Waals surface area contributed by atoms with Gasteiger partial charge in [-0.05, 0) is 56.7 Å². The SMILES string of the molecule is CCCNC(Cc1ccc(F)cc1F)C(OCC)C1CC1. The molecule has 0 aliphatic heterocycles. The molecule has 0 heterocycles. The summed E-state index contributed by atoms with van der Waals surface area (Å²) >= 11 is 0. The molecule has 1 N–H and O–H groups in total. The number of hydrogen-bond donors (Lipinski definition) is 1. The molecule has 0 spiro atoms. The van der Waals surface area contributed by atoms with Crippen LogP contribution in [0.2, 0.25) is 0 Å². The first-order valence-electron chi connectivity index (χ1n) is 7.94. The molecule has 1 aliphatic carbocycles. The third kappa shape index (κ3) is 4.75. The summed E-state index contributed by atoms with van der Waals surface area (Å²) in [6.45, 7) is 5.64. The molecule has 2 rings (SSSR count). The quantitative estimate of drug-likeness (QED) is 0.750. The van der Waals surface area contributed by atoms with Crippen molar-refractivity contribution in [3.8, 4) is 0 Å². The fourth-order valence-electron chi connectivity index (χ4n) is 2.76. The van der Waals surface area contributed by atoms with Crippen LogP contribution in [0.3, 0.4) is 0 Å². The van der Waals surface area contributed by atoms with Crippen LogP contribution in [-0.2, 0) is 11.2 Å². The summed E-state index contributed by atoms with van der Waals surface area (Å²) in [6, 6.07) is 3.90. The van der Waals surface area contributed by atoms with Crippen molar-refractivity contribution in [3.63, 3.8) is 0 Å². The maximum absolute atomic E-state index is 13.9. The van der Waals surface area contributed by atoms with Crippen molar-refractivity contribution >= 4 is 0 Å². The summed E-state index contributed by atoms with van der Waals surface area (Å²) in [6.07, 6.45) is 4.03. The minimum atomic E-state index is -0.530. The highest BCUT2D eigenvalue weighted by Crippen LogP contribution is 2.36. The van der Waals surface area contributed by atoms with E-state index in [1.54, 1.807) is 6.07 Å². The predicted octanol–water partition coefficient (Wildman–Crippen LogP) is 3.69. The average molecular weight is 297 g/mol. The van der Waals surface area contributed by atoms with Crippen molar-refractivity contribution in [2.45, 2.75) is 51.7 Å². The summed E-state index contributed by atoms with van der Waals surface area (Å²) in [5.74, 6) is -0.426. The molecular weight excluding hydrogens is 272 g/mol. The number of ether oxygens (including phenoxy) is 1. The fraction of sp³-hybridized carbons (Fsp3) is 0.647. The molecule has 1 aliphatic rings. The van der Waals surface area contributed by atoms with Gasteiger partial charge in [0.15, 0.2) is 0 Å². The third-order valence-electron chi connectivity index (χ3n) is 3.95. The second-order valence-electron chi connectivity index (χ2n) is 5.76. The second kappa shape index (κ2) is 7.85. The van der Waals surface area contributed by atoms with E-state index in [0.717, 1.165) is 19.0 Å².